The standard InChI is InChI=1S/C19H27NO4/c1-14(2)17-13-24-19(22)20(17)18(21)15(3)8-7-11-23-12-16-9-5-4-6-10-16/h4-6,9-10,14-15,17H,7-8,11-13H2,1-3H3/t15-,17+/m0/s1. The molecule has 24 heavy (non-hydrogen) atoms. The lowest BCUT2D eigenvalue weighted by Crippen LogP contribution is -2.44. The lowest BCUT2D eigenvalue weighted by atomic mass is 10.00. The fraction of sp³-hybridized carbons (Fsp3) is 0.579. The van der Waals surface area contributed by atoms with Gasteiger partial charge in [-0.1, -0.05) is 51.1 Å². The van der Waals surface area contributed by atoms with E-state index in [1.807, 2.05) is 51.1 Å². The van der Waals surface area contributed by atoms with Gasteiger partial charge in [0.1, 0.15) is 6.61 Å². The monoisotopic (exact) mass is 333 g/mol. The zero-order valence-corrected chi connectivity index (χ0v) is 14.7. The van der Waals surface area contributed by atoms with Crippen LogP contribution in [0, 0.1) is 11.8 Å². The highest BCUT2D eigenvalue weighted by Crippen LogP contribution is 2.23. The molecule has 0 radical (unpaired) electrons. The van der Waals surface area contributed by atoms with Crippen LogP contribution in [0.15, 0.2) is 30.3 Å². The number of ether oxygens (including phenoxy) is 2. The van der Waals surface area contributed by atoms with Gasteiger partial charge in [0.05, 0.1) is 12.6 Å². The molecule has 0 bridgehead atoms. The number of imide groups is 1. The Hall–Kier alpha value is -1.88. The summed E-state index contributed by atoms with van der Waals surface area (Å²) in [5.41, 5.74) is 1.14. The Morgan fingerprint density at radius 3 is 2.67 bits per heavy atom. The van der Waals surface area contributed by atoms with Crippen LogP contribution in [0.5, 0.6) is 0 Å². The topological polar surface area (TPSA) is 55.8 Å². The molecule has 0 aromatic heterocycles. The highest BCUT2D eigenvalue weighted by atomic mass is 16.6. The van der Waals surface area contributed by atoms with Crippen LogP contribution in [0.4, 0.5) is 4.79 Å². The predicted molar refractivity (Wildman–Crippen MR) is 91.3 cm³/mol. The lowest BCUT2D eigenvalue weighted by molar-refractivity contribution is -0.133. The van der Waals surface area contributed by atoms with Crippen molar-refractivity contribution in [3.05, 3.63) is 35.9 Å². The summed E-state index contributed by atoms with van der Waals surface area (Å²) in [6.07, 6.45) is 0.975. The van der Waals surface area contributed by atoms with E-state index in [0.717, 1.165) is 12.0 Å². The number of nitrogens with zero attached hydrogens (tertiary/aromatic N) is 1. The Labute approximate surface area is 143 Å². The molecule has 1 fully saturated rings. The number of benzene rings is 1. The van der Waals surface area contributed by atoms with Crippen molar-refractivity contribution in [3.8, 4) is 0 Å². The van der Waals surface area contributed by atoms with E-state index in [-0.39, 0.29) is 23.8 Å². The second-order valence-corrected chi connectivity index (χ2v) is 6.68. The van der Waals surface area contributed by atoms with Gasteiger partial charge in [0, 0.05) is 12.5 Å². The average molecular weight is 333 g/mol. The molecule has 0 unspecified atom stereocenters. The van der Waals surface area contributed by atoms with Gasteiger partial charge in [0.25, 0.3) is 0 Å². The highest BCUT2D eigenvalue weighted by Gasteiger charge is 2.40. The molecule has 0 aliphatic carbocycles. The second kappa shape index (κ2) is 8.83. The zero-order chi connectivity index (χ0) is 17.5. The summed E-state index contributed by atoms with van der Waals surface area (Å²) < 4.78 is 10.7. The normalized spacial score (nSPS) is 18.8. The molecule has 1 aromatic rings. The molecule has 0 spiro atoms. The van der Waals surface area contributed by atoms with Crippen molar-refractivity contribution in [3.63, 3.8) is 0 Å². The first kappa shape index (κ1) is 18.5. The summed E-state index contributed by atoms with van der Waals surface area (Å²) >= 11 is 0. The quantitative estimate of drug-likeness (QED) is 0.682. The molecule has 132 valence electrons. The Morgan fingerprint density at radius 2 is 2.00 bits per heavy atom. The minimum atomic E-state index is -0.508. The van der Waals surface area contributed by atoms with Crippen LogP contribution in [0.3, 0.4) is 0 Å². The number of carbonyl (C=O) groups is 2. The molecule has 5 nitrogen and oxygen atoms in total. The van der Waals surface area contributed by atoms with Gasteiger partial charge in [0.15, 0.2) is 0 Å². The zero-order valence-electron chi connectivity index (χ0n) is 14.7. The van der Waals surface area contributed by atoms with Crippen molar-refractivity contribution in [1.82, 2.24) is 4.90 Å². The number of amides is 2. The fourth-order valence-corrected chi connectivity index (χ4v) is 2.80. The highest BCUT2D eigenvalue weighted by molar-refractivity contribution is 5.94. The smallest absolute Gasteiger partial charge is 0.416 e. The molecule has 5 heteroatoms. The number of cyclic esters (lactones) is 1. The summed E-state index contributed by atoms with van der Waals surface area (Å²) in [5, 5.41) is 0. The summed E-state index contributed by atoms with van der Waals surface area (Å²) in [6, 6.07) is 9.85. The van der Waals surface area contributed by atoms with E-state index in [0.29, 0.717) is 26.2 Å². The van der Waals surface area contributed by atoms with Gasteiger partial charge in [-0.15, -0.1) is 0 Å². The first-order valence-electron chi connectivity index (χ1n) is 8.62. The molecule has 2 rings (SSSR count). The van der Waals surface area contributed by atoms with Crippen LogP contribution < -0.4 is 0 Å². The van der Waals surface area contributed by atoms with Gasteiger partial charge in [-0.05, 0) is 24.3 Å². The van der Waals surface area contributed by atoms with Gasteiger partial charge in [0.2, 0.25) is 5.91 Å². The lowest BCUT2D eigenvalue weighted by Gasteiger charge is -2.25. The van der Waals surface area contributed by atoms with E-state index in [4.69, 9.17) is 9.47 Å². The third-order valence-electron chi connectivity index (χ3n) is 4.37. The molecular weight excluding hydrogens is 306 g/mol. The number of hydrogen-bond donors (Lipinski definition) is 0. The van der Waals surface area contributed by atoms with Crippen molar-refractivity contribution in [1.29, 1.82) is 0 Å². The van der Waals surface area contributed by atoms with Crippen LogP contribution >= 0.6 is 0 Å². The van der Waals surface area contributed by atoms with E-state index in [9.17, 15) is 9.59 Å². The third-order valence-corrected chi connectivity index (χ3v) is 4.37. The van der Waals surface area contributed by atoms with Crippen LogP contribution in [-0.4, -0.2) is 36.2 Å². The maximum absolute atomic E-state index is 12.5. The van der Waals surface area contributed by atoms with E-state index in [1.54, 1.807) is 0 Å². The van der Waals surface area contributed by atoms with Gasteiger partial charge < -0.3 is 9.47 Å². The summed E-state index contributed by atoms with van der Waals surface area (Å²) in [4.78, 5) is 25.7. The van der Waals surface area contributed by atoms with Crippen molar-refractivity contribution in [2.24, 2.45) is 11.8 Å². The minimum Gasteiger partial charge on any atom is -0.447 e. The van der Waals surface area contributed by atoms with Crippen molar-refractivity contribution in [2.45, 2.75) is 46.3 Å². The van der Waals surface area contributed by atoms with Gasteiger partial charge in [-0.3, -0.25) is 4.79 Å². The number of hydrogen-bond acceptors (Lipinski definition) is 4. The molecule has 2 amide bonds. The largest absolute Gasteiger partial charge is 0.447 e. The molecule has 1 aromatic carbocycles. The minimum absolute atomic E-state index is 0.140. The molecule has 1 saturated heterocycles. The van der Waals surface area contributed by atoms with Gasteiger partial charge >= 0.3 is 6.09 Å². The summed E-state index contributed by atoms with van der Waals surface area (Å²) in [7, 11) is 0. The Morgan fingerprint density at radius 1 is 1.29 bits per heavy atom. The SMILES string of the molecule is CC(C)[C@H]1COC(=O)N1C(=O)[C@@H](C)CCCOCc1ccccc1. The first-order valence-corrected chi connectivity index (χ1v) is 8.62. The van der Waals surface area contributed by atoms with Crippen LogP contribution in [0.2, 0.25) is 0 Å². The molecule has 0 N–H and O–H groups in total. The third kappa shape index (κ3) is 4.81. The maximum atomic E-state index is 12.5. The Kier molecular flexibility index (Phi) is 6.79. The van der Waals surface area contributed by atoms with Crippen LogP contribution in [0.1, 0.15) is 39.2 Å². The van der Waals surface area contributed by atoms with E-state index >= 15 is 0 Å². The Balaban J connectivity index is 1.72. The molecule has 0 saturated carbocycles. The van der Waals surface area contributed by atoms with E-state index in [2.05, 4.69) is 0 Å². The van der Waals surface area contributed by atoms with Crippen LogP contribution in [0.25, 0.3) is 0 Å². The van der Waals surface area contributed by atoms with Gasteiger partial charge in [-0.2, -0.15) is 0 Å². The average Bonchev–Trinajstić information content (AvgIpc) is 2.96. The first-order chi connectivity index (χ1) is 11.5. The van der Waals surface area contributed by atoms with Crippen LogP contribution in [-0.2, 0) is 20.9 Å². The fourth-order valence-electron chi connectivity index (χ4n) is 2.80. The summed E-state index contributed by atoms with van der Waals surface area (Å²) in [5.74, 6) is -0.154. The molecular formula is C19H27NO4. The van der Waals surface area contributed by atoms with Gasteiger partial charge in [-0.25, -0.2) is 9.69 Å². The second-order valence-electron chi connectivity index (χ2n) is 6.68. The Bertz CT molecular complexity index is 544. The van der Waals surface area contributed by atoms with Crippen molar-refractivity contribution >= 4 is 12.0 Å². The maximum Gasteiger partial charge on any atom is 0.416 e. The molecule has 1 heterocycles. The van der Waals surface area contributed by atoms with E-state index in [1.165, 1.54) is 4.90 Å². The van der Waals surface area contributed by atoms with Crippen molar-refractivity contribution in [2.75, 3.05) is 13.2 Å². The number of rotatable bonds is 8. The number of carbonyl (C=O) groups excluding carboxylic acids is 2. The molecule has 1 aliphatic rings. The van der Waals surface area contributed by atoms with E-state index < -0.39 is 6.09 Å². The molecule has 1 aliphatic heterocycles. The predicted octanol–water partition coefficient (Wildman–Crippen LogP) is 3.62. The van der Waals surface area contributed by atoms with Crippen molar-refractivity contribution < 1.29 is 19.1 Å². The molecule has 2 atom stereocenters. The summed E-state index contributed by atoms with van der Waals surface area (Å²) in [6.45, 7) is 7.34.